The van der Waals surface area contributed by atoms with Gasteiger partial charge in [0.15, 0.2) is 0 Å². The van der Waals surface area contributed by atoms with E-state index in [0.29, 0.717) is 17.4 Å². The van der Waals surface area contributed by atoms with Crippen molar-refractivity contribution in [2.24, 2.45) is 5.73 Å². The third-order valence-corrected chi connectivity index (χ3v) is 5.49. The first-order valence-electron chi connectivity index (χ1n) is 10.5. The Morgan fingerprint density at radius 2 is 1.65 bits per heavy atom. The number of aromatic nitrogens is 2. The highest BCUT2D eigenvalue weighted by Crippen LogP contribution is 2.32. The number of nitrogens with one attached hydrogen (secondary N) is 2. The molecular formula is C25H26F3N5O. The number of fused-ring (bicyclic) bond motifs is 1. The fourth-order valence-electron chi connectivity index (χ4n) is 3.40. The van der Waals surface area contributed by atoms with Gasteiger partial charge in [0.1, 0.15) is 5.65 Å². The van der Waals surface area contributed by atoms with E-state index in [-0.39, 0.29) is 6.41 Å². The summed E-state index contributed by atoms with van der Waals surface area (Å²) in [6.07, 6.45) is -2.33. The normalized spacial score (nSPS) is 12.2. The molecule has 4 rings (SSSR count). The van der Waals surface area contributed by atoms with E-state index in [9.17, 15) is 13.2 Å². The number of carbonyl (C=O) groups excluding carboxylic acids is 1. The molecular weight excluding hydrogens is 443 g/mol. The molecule has 0 bridgehead atoms. The SMILES string of the molecule is CC(c1ccc(-c2ccc3c(Nc4ccc(C(F)(F)F)cc4)c[nH]c3n2)cc1)N(C)C.NC=O. The summed E-state index contributed by atoms with van der Waals surface area (Å²) < 4.78 is 38.2. The van der Waals surface area contributed by atoms with Crippen molar-refractivity contribution >= 4 is 28.8 Å². The highest BCUT2D eigenvalue weighted by atomic mass is 19.4. The number of nitrogens with zero attached hydrogens (tertiary/aromatic N) is 2. The number of pyridine rings is 1. The number of carbonyl (C=O) groups is 1. The molecule has 9 heteroatoms. The monoisotopic (exact) mass is 469 g/mol. The number of anilines is 2. The van der Waals surface area contributed by atoms with Crippen molar-refractivity contribution in [2.45, 2.75) is 19.1 Å². The van der Waals surface area contributed by atoms with Crippen LogP contribution in [0.25, 0.3) is 22.3 Å². The second-order valence-corrected chi connectivity index (χ2v) is 7.89. The van der Waals surface area contributed by atoms with E-state index in [1.165, 1.54) is 17.7 Å². The summed E-state index contributed by atoms with van der Waals surface area (Å²) in [5.74, 6) is 0. The van der Waals surface area contributed by atoms with E-state index >= 15 is 0 Å². The minimum Gasteiger partial charge on any atom is -0.372 e. The molecule has 0 aliphatic rings. The average Bonchev–Trinajstić information content (AvgIpc) is 3.21. The van der Waals surface area contributed by atoms with Crippen molar-refractivity contribution in [2.75, 3.05) is 19.4 Å². The van der Waals surface area contributed by atoms with Gasteiger partial charge in [-0.1, -0.05) is 24.3 Å². The Bertz CT molecular complexity index is 1230. The van der Waals surface area contributed by atoms with Crippen LogP contribution < -0.4 is 11.1 Å². The van der Waals surface area contributed by atoms with Crippen LogP contribution in [0, 0.1) is 0 Å². The summed E-state index contributed by atoms with van der Waals surface area (Å²) in [5.41, 5.74) is 8.63. The lowest BCUT2D eigenvalue weighted by molar-refractivity contribution is -0.137. The summed E-state index contributed by atoms with van der Waals surface area (Å²) in [5, 5.41) is 4.01. The number of aromatic amines is 1. The smallest absolute Gasteiger partial charge is 0.372 e. The third-order valence-electron chi connectivity index (χ3n) is 5.49. The van der Waals surface area contributed by atoms with Crippen LogP contribution in [0.15, 0.2) is 66.9 Å². The number of alkyl halides is 3. The molecule has 0 aliphatic heterocycles. The maximum atomic E-state index is 12.7. The number of halogens is 3. The summed E-state index contributed by atoms with van der Waals surface area (Å²) in [6.45, 7) is 2.16. The van der Waals surface area contributed by atoms with Gasteiger partial charge in [-0.05, 0) is 63.0 Å². The van der Waals surface area contributed by atoms with E-state index in [2.05, 4.69) is 66.2 Å². The second-order valence-electron chi connectivity index (χ2n) is 7.89. The summed E-state index contributed by atoms with van der Waals surface area (Å²) in [4.78, 5) is 18.6. The van der Waals surface area contributed by atoms with Crippen molar-refractivity contribution in [1.29, 1.82) is 0 Å². The summed E-state index contributed by atoms with van der Waals surface area (Å²) in [7, 11) is 4.10. The molecule has 2 heterocycles. The first-order chi connectivity index (χ1) is 16.1. The predicted molar refractivity (Wildman–Crippen MR) is 129 cm³/mol. The van der Waals surface area contributed by atoms with Crippen LogP contribution >= 0.6 is 0 Å². The Hall–Kier alpha value is -3.85. The van der Waals surface area contributed by atoms with Crippen LogP contribution in [0.1, 0.15) is 24.1 Å². The first kappa shape index (κ1) is 24.8. The molecule has 0 radical (unpaired) electrons. The number of hydrogen-bond donors (Lipinski definition) is 3. The molecule has 0 aliphatic carbocycles. The molecule has 2 aromatic heterocycles. The van der Waals surface area contributed by atoms with Gasteiger partial charge in [0.05, 0.1) is 16.9 Å². The minimum absolute atomic E-state index is 0.250. The van der Waals surface area contributed by atoms with Gasteiger partial charge < -0.3 is 20.9 Å². The van der Waals surface area contributed by atoms with E-state index in [0.717, 1.165) is 34.5 Å². The Morgan fingerprint density at radius 1 is 1.03 bits per heavy atom. The van der Waals surface area contributed by atoms with Crippen molar-refractivity contribution in [3.05, 3.63) is 78.0 Å². The van der Waals surface area contributed by atoms with Crippen LogP contribution in [-0.4, -0.2) is 35.4 Å². The fraction of sp³-hybridized carbons (Fsp3) is 0.200. The van der Waals surface area contributed by atoms with Crippen LogP contribution in [0.3, 0.4) is 0 Å². The van der Waals surface area contributed by atoms with Gasteiger partial charge in [-0.25, -0.2) is 4.98 Å². The van der Waals surface area contributed by atoms with Gasteiger partial charge in [-0.3, -0.25) is 4.79 Å². The zero-order chi connectivity index (χ0) is 24.9. The van der Waals surface area contributed by atoms with Crippen LogP contribution in [0.5, 0.6) is 0 Å². The summed E-state index contributed by atoms with van der Waals surface area (Å²) in [6, 6.07) is 17.5. The second kappa shape index (κ2) is 10.4. The molecule has 1 unspecified atom stereocenters. The molecule has 4 N–H and O–H groups in total. The van der Waals surface area contributed by atoms with E-state index in [4.69, 9.17) is 9.78 Å². The van der Waals surface area contributed by atoms with Gasteiger partial charge in [0.25, 0.3) is 0 Å². The molecule has 0 saturated carbocycles. The standard InChI is InChI=1S/C24H23F3N4.CH3NO/c1-15(31(2)3)16-4-6-17(7-5-16)21-13-12-20-22(14-28-23(20)30-21)29-19-10-8-18(9-11-19)24(25,26)27;2-1-3/h4-15,29H,1-3H3,(H,28,30);1H,(H2,2,3). The Balaban J connectivity index is 0.00000103. The van der Waals surface area contributed by atoms with Crippen molar-refractivity contribution < 1.29 is 18.0 Å². The fourth-order valence-corrected chi connectivity index (χ4v) is 3.40. The van der Waals surface area contributed by atoms with E-state index in [1.807, 2.05) is 12.1 Å². The number of benzene rings is 2. The Kier molecular flexibility index (Phi) is 7.57. The third kappa shape index (κ3) is 5.74. The molecule has 178 valence electrons. The Morgan fingerprint density at radius 3 is 2.21 bits per heavy atom. The zero-order valence-corrected chi connectivity index (χ0v) is 19.0. The zero-order valence-electron chi connectivity index (χ0n) is 19.0. The number of nitrogens with two attached hydrogens (primary N) is 1. The lowest BCUT2D eigenvalue weighted by Crippen LogP contribution is -2.16. The van der Waals surface area contributed by atoms with Crippen molar-refractivity contribution in [1.82, 2.24) is 14.9 Å². The maximum absolute atomic E-state index is 12.7. The van der Waals surface area contributed by atoms with Gasteiger partial charge in [0.2, 0.25) is 6.41 Å². The molecule has 6 nitrogen and oxygen atoms in total. The Labute approximate surface area is 195 Å². The number of hydrogen-bond acceptors (Lipinski definition) is 4. The molecule has 2 aromatic carbocycles. The van der Waals surface area contributed by atoms with Gasteiger partial charge >= 0.3 is 6.18 Å². The van der Waals surface area contributed by atoms with Crippen LogP contribution in [0.4, 0.5) is 24.5 Å². The first-order valence-corrected chi connectivity index (χ1v) is 10.5. The predicted octanol–water partition coefficient (Wildman–Crippen LogP) is 5.72. The van der Waals surface area contributed by atoms with Crippen LogP contribution in [-0.2, 0) is 11.0 Å². The topological polar surface area (TPSA) is 87.0 Å². The number of H-pyrrole nitrogens is 1. The van der Waals surface area contributed by atoms with Crippen molar-refractivity contribution in [3.8, 4) is 11.3 Å². The van der Waals surface area contributed by atoms with E-state index in [1.54, 1.807) is 6.20 Å². The molecule has 0 saturated heterocycles. The lowest BCUT2D eigenvalue weighted by atomic mass is 10.0. The van der Waals surface area contributed by atoms with E-state index < -0.39 is 11.7 Å². The summed E-state index contributed by atoms with van der Waals surface area (Å²) >= 11 is 0. The molecule has 4 aromatic rings. The van der Waals surface area contributed by atoms with Gasteiger partial charge in [-0.15, -0.1) is 0 Å². The minimum atomic E-state index is -4.34. The lowest BCUT2D eigenvalue weighted by Gasteiger charge is -2.20. The largest absolute Gasteiger partial charge is 0.416 e. The highest BCUT2D eigenvalue weighted by Gasteiger charge is 2.29. The van der Waals surface area contributed by atoms with Crippen molar-refractivity contribution in [3.63, 3.8) is 0 Å². The number of rotatable bonds is 5. The average molecular weight is 470 g/mol. The van der Waals surface area contributed by atoms with Gasteiger partial charge in [-0.2, -0.15) is 13.2 Å². The molecule has 0 spiro atoms. The van der Waals surface area contributed by atoms with Gasteiger partial charge in [0, 0.05) is 28.9 Å². The molecule has 1 atom stereocenters. The number of amides is 1. The highest BCUT2D eigenvalue weighted by molar-refractivity contribution is 5.93. The maximum Gasteiger partial charge on any atom is 0.416 e. The van der Waals surface area contributed by atoms with Crippen LogP contribution in [0.2, 0.25) is 0 Å². The molecule has 34 heavy (non-hydrogen) atoms. The molecule has 0 fully saturated rings. The number of primary amides is 1. The molecule has 1 amide bonds. The quantitative estimate of drug-likeness (QED) is 0.327.